The quantitative estimate of drug-likeness (QED) is 0.628. The molecule has 1 aromatic carbocycles. The van der Waals surface area contributed by atoms with Crippen molar-refractivity contribution in [2.24, 2.45) is 0 Å². The van der Waals surface area contributed by atoms with E-state index in [2.05, 4.69) is 5.32 Å². The summed E-state index contributed by atoms with van der Waals surface area (Å²) in [5.74, 6) is -0.224. The third-order valence-corrected chi connectivity index (χ3v) is 6.65. The predicted octanol–water partition coefficient (Wildman–Crippen LogP) is -0.743. The molecular formula is C20H33N4O4S+. The van der Waals surface area contributed by atoms with Crippen LogP contribution >= 0.6 is 0 Å². The molecule has 2 amide bonds. The summed E-state index contributed by atoms with van der Waals surface area (Å²) >= 11 is 0. The fourth-order valence-electron chi connectivity index (χ4n) is 3.20. The van der Waals surface area contributed by atoms with Crippen LogP contribution in [0.5, 0.6) is 0 Å². The molecule has 0 radical (unpaired) electrons. The van der Waals surface area contributed by atoms with Crippen LogP contribution in [0.25, 0.3) is 0 Å². The van der Waals surface area contributed by atoms with E-state index in [9.17, 15) is 18.0 Å². The summed E-state index contributed by atoms with van der Waals surface area (Å²) in [5.41, 5.74) is 0.709. The van der Waals surface area contributed by atoms with Gasteiger partial charge in [-0.1, -0.05) is 17.7 Å². The maximum Gasteiger partial charge on any atom is 0.275 e. The average Bonchev–Trinajstić information content (AvgIpc) is 2.60. The summed E-state index contributed by atoms with van der Waals surface area (Å²) in [4.78, 5) is 27.6. The van der Waals surface area contributed by atoms with E-state index in [0.29, 0.717) is 32.7 Å². The number of nitrogens with zero attached hydrogens (tertiary/aromatic N) is 2. The van der Waals surface area contributed by atoms with Crippen LogP contribution < -0.4 is 10.2 Å². The highest BCUT2D eigenvalue weighted by molar-refractivity contribution is 7.89. The molecule has 1 aliphatic rings. The van der Waals surface area contributed by atoms with Crippen LogP contribution in [0.15, 0.2) is 29.2 Å². The van der Waals surface area contributed by atoms with Gasteiger partial charge in [-0.3, -0.25) is 9.59 Å². The number of carbonyl (C=O) groups excluding carboxylic acids is 2. The normalized spacial score (nSPS) is 16.1. The van der Waals surface area contributed by atoms with Crippen LogP contribution in [0.3, 0.4) is 0 Å². The maximum absolute atomic E-state index is 12.7. The van der Waals surface area contributed by atoms with E-state index >= 15 is 0 Å². The van der Waals surface area contributed by atoms with Crippen molar-refractivity contribution in [2.45, 2.75) is 38.1 Å². The van der Waals surface area contributed by atoms with Crippen molar-refractivity contribution < 1.29 is 22.9 Å². The minimum absolute atomic E-state index is 0.00352. The molecule has 0 saturated carbocycles. The van der Waals surface area contributed by atoms with E-state index in [0.717, 1.165) is 14.8 Å². The van der Waals surface area contributed by atoms with Gasteiger partial charge in [0.05, 0.1) is 37.6 Å². The lowest BCUT2D eigenvalue weighted by atomic mass is 10.1. The van der Waals surface area contributed by atoms with Gasteiger partial charge in [0.25, 0.3) is 5.91 Å². The lowest BCUT2D eigenvalue weighted by Gasteiger charge is -2.33. The molecule has 0 atom stereocenters. The first-order valence-corrected chi connectivity index (χ1v) is 11.3. The number of hydrogen-bond donors (Lipinski definition) is 2. The van der Waals surface area contributed by atoms with Gasteiger partial charge < -0.3 is 15.1 Å². The van der Waals surface area contributed by atoms with Crippen LogP contribution in [0.1, 0.15) is 26.3 Å². The molecule has 9 heteroatoms. The molecular weight excluding hydrogens is 392 g/mol. The highest BCUT2D eigenvalue weighted by Gasteiger charge is 2.29. The monoisotopic (exact) mass is 425 g/mol. The summed E-state index contributed by atoms with van der Waals surface area (Å²) in [7, 11) is -2.28. The Morgan fingerprint density at radius 2 is 1.69 bits per heavy atom. The highest BCUT2D eigenvalue weighted by Crippen LogP contribution is 2.15. The number of aryl methyl sites for hydroxylation is 1. The zero-order chi connectivity index (χ0) is 21.8. The van der Waals surface area contributed by atoms with Gasteiger partial charge in [-0.2, -0.15) is 4.31 Å². The molecule has 0 spiro atoms. The molecule has 0 aromatic heterocycles. The second-order valence-electron chi connectivity index (χ2n) is 8.68. The number of quaternary nitrogens is 1. The highest BCUT2D eigenvalue weighted by atomic mass is 32.2. The summed E-state index contributed by atoms with van der Waals surface area (Å²) in [5, 5.41) is 2.95. The van der Waals surface area contributed by atoms with Gasteiger partial charge in [0, 0.05) is 12.6 Å². The van der Waals surface area contributed by atoms with Crippen molar-refractivity contribution in [3.05, 3.63) is 29.8 Å². The lowest BCUT2D eigenvalue weighted by Crippen LogP contribution is -3.16. The zero-order valence-corrected chi connectivity index (χ0v) is 18.8. The number of nitrogens with one attached hydrogen (secondary N) is 2. The van der Waals surface area contributed by atoms with Gasteiger partial charge in [0.1, 0.15) is 0 Å². The number of rotatable bonds is 6. The van der Waals surface area contributed by atoms with Gasteiger partial charge in [-0.05, 0) is 39.8 Å². The van der Waals surface area contributed by atoms with E-state index in [-0.39, 0.29) is 28.8 Å². The standard InChI is InChI=1S/C20H32N4O4S/c1-16-6-8-17(9-7-16)29(27,28)22(5)15-19(26)24-12-10-23(11-13-24)14-18(25)21-20(2,3)4/h6-9H,10-15H2,1-5H3,(H,21,25)/p+1. The van der Waals surface area contributed by atoms with Gasteiger partial charge in [0.15, 0.2) is 6.54 Å². The van der Waals surface area contributed by atoms with Crippen molar-refractivity contribution in [1.29, 1.82) is 0 Å². The summed E-state index contributed by atoms with van der Waals surface area (Å²) < 4.78 is 26.4. The maximum atomic E-state index is 12.7. The molecule has 162 valence electrons. The predicted molar refractivity (Wildman–Crippen MR) is 111 cm³/mol. The number of likely N-dealkylation sites (N-methyl/N-ethyl adjacent to an activating group) is 1. The van der Waals surface area contributed by atoms with Crippen LogP contribution in [-0.4, -0.2) is 81.3 Å². The third-order valence-electron chi connectivity index (χ3n) is 4.84. The first-order valence-electron chi connectivity index (χ1n) is 9.84. The Morgan fingerprint density at radius 1 is 1.14 bits per heavy atom. The number of piperazine rings is 1. The average molecular weight is 426 g/mol. The van der Waals surface area contributed by atoms with Crippen LogP contribution in [-0.2, 0) is 19.6 Å². The molecule has 0 bridgehead atoms. The fraction of sp³-hybridized carbons (Fsp3) is 0.600. The Hall–Kier alpha value is -1.97. The number of benzene rings is 1. The van der Waals surface area contributed by atoms with Crippen molar-refractivity contribution in [3.63, 3.8) is 0 Å². The smallest absolute Gasteiger partial charge is 0.275 e. The Bertz CT molecular complexity index is 823. The second kappa shape index (κ2) is 9.23. The zero-order valence-electron chi connectivity index (χ0n) is 18.0. The summed E-state index contributed by atoms with van der Waals surface area (Å²) in [6.45, 7) is 10.2. The number of amides is 2. The minimum atomic E-state index is -3.71. The first kappa shape index (κ1) is 23.3. The van der Waals surface area contributed by atoms with E-state index < -0.39 is 10.0 Å². The molecule has 1 heterocycles. The molecule has 1 saturated heterocycles. The van der Waals surface area contributed by atoms with Crippen LogP contribution in [0.2, 0.25) is 0 Å². The third kappa shape index (κ3) is 6.80. The first-order chi connectivity index (χ1) is 13.4. The Morgan fingerprint density at radius 3 is 2.21 bits per heavy atom. The van der Waals surface area contributed by atoms with Crippen molar-refractivity contribution in [3.8, 4) is 0 Å². The van der Waals surface area contributed by atoms with Gasteiger partial charge in [0.2, 0.25) is 15.9 Å². The van der Waals surface area contributed by atoms with Gasteiger partial charge in [-0.15, -0.1) is 0 Å². The van der Waals surface area contributed by atoms with E-state index in [1.807, 2.05) is 27.7 Å². The van der Waals surface area contributed by atoms with Gasteiger partial charge >= 0.3 is 0 Å². The van der Waals surface area contributed by atoms with E-state index in [1.165, 1.54) is 7.05 Å². The SMILES string of the molecule is Cc1ccc(S(=O)(=O)N(C)CC(=O)N2CC[NH+](CC(=O)NC(C)(C)C)CC2)cc1. The lowest BCUT2D eigenvalue weighted by molar-refractivity contribution is -0.896. The molecule has 0 unspecified atom stereocenters. The van der Waals surface area contributed by atoms with Crippen LogP contribution in [0.4, 0.5) is 0 Å². The number of sulfonamides is 1. The van der Waals surface area contributed by atoms with Crippen molar-refractivity contribution in [1.82, 2.24) is 14.5 Å². The molecule has 1 aliphatic heterocycles. The van der Waals surface area contributed by atoms with Gasteiger partial charge in [-0.25, -0.2) is 8.42 Å². The Balaban J connectivity index is 1.86. The molecule has 2 N–H and O–H groups in total. The number of hydrogen-bond acceptors (Lipinski definition) is 4. The molecule has 29 heavy (non-hydrogen) atoms. The molecule has 0 aliphatic carbocycles. The topological polar surface area (TPSA) is 91.2 Å². The summed E-state index contributed by atoms with van der Waals surface area (Å²) in [6.07, 6.45) is 0. The van der Waals surface area contributed by atoms with E-state index in [1.54, 1.807) is 29.2 Å². The second-order valence-corrected chi connectivity index (χ2v) is 10.7. The summed E-state index contributed by atoms with van der Waals surface area (Å²) in [6, 6.07) is 6.58. The minimum Gasteiger partial charge on any atom is -0.347 e. The largest absolute Gasteiger partial charge is 0.347 e. The molecule has 2 rings (SSSR count). The Kier molecular flexibility index (Phi) is 7.42. The van der Waals surface area contributed by atoms with E-state index in [4.69, 9.17) is 0 Å². The van der Waals surface area contributed by atoms with Crippen molar-refractivity contribution >= 4 is 21.8 Å². The number of carbonyl (C=O) groups is 2. The fourth-order valence-corrected chi connectivity index (χ4v) is 4.32. The Labute approximate surface area is 173 Å². The van der Waals surface area contributed by atoms with Crippen LogP contribution in [0, 0.1) is 6.92 Å². The molecule has 1 aromatic rings. The molecule has 8 nitrogen and oxygen atoms in total. The molecule has 1 fully saturated rings. The van der Waals surface area contributed by atoms with Crippen molar-refractivity contribution in [2.75, 3.05) is 46.3 Å².